The molecule has 2 aliphatic heterocycles. The standard InChI is InChI=1S/C26H35N5O3S/c1-17(30-26(16-32)11-12-26)23-21(10-15-35(23)33)28-25(27)31-13-8-20(9-14-31)24-29-22(18(2)34-24)19-6-4-3-5-7-19/h3-7,17,20,30,32H,8-16H2,1-2H3,(H2,27,28). The minimum absolute atomic E-state index is 0.0997. The number of guanidine groups is 1. The summed E-state index contributed by atoms with van der Waals surface area (Å²) in [7, 11) is -1.06. The van der Waals surface area contributed by atoms with E-state index in [9.17, 15) is 9.32 Å². The lowest BCUT2D eigenvalue weighted by atomic mass is 9.97. The van der Waals surface area contributed by atoms with Crippen molar-refractivity contribution in [2.45, 2.75) is 63.5 Å². The number of oxazole rings is 1. The number of rotatable bonds is 7. The molecule has 1 saturated carbocycles. The summed E-state index contributed by atoms with van der Waals surface area (Å²) in [6.45, 7) is 5.62. The Balaban J connectivity index is 1.25. The molecule has 2 aromatic rings. The molecule has 2 fully saturated rings. The zero-order valence-electron chi connectivity index (χ0n) is 20.5. The van der Waals surface area contributed by atoms with Crippen LogP contribution in [-0.2, 0) is 10.8 Å². The normalized spacial score (nSPS) is 23.7. The molecule has 3 aliphatic rings. The van der Waals surface area contributed by atoms with Crippen LogP contribution in [0.5, 0.6) is 0 Å². The van der Waals surface area contributed by atoms with E-state index < -0.39 is 10.8 Å². The molecule has 1 aliphatic carbocycles. The van der Waals surface area contributed by atoms with Crippen molar-refractivity contribution >= 4 is 16.8 Å². The van der Waals surface area contributed by atoms with Gasteiger partial charge in [0.15, 0.2) is 11.9 Å². The Hall–Kier alpha value is -2.49. The third-order valence-electron chi connectivity index (χ3n) is 7.40. The number of nitrogens with zero attached hydrogens (tertiary/aromatic N) is 3. The van der Waals surface area contributed by atoms with Crippen LogP contribution in [0.4, 0.5) is 0 Å². The van der Waals surface area contributed by atoms with E-state index in [4.69, 9.17) is 20.1 Å². The van der Waals surface area contributed by atoms with Crippen molar-refractivity contribution in [3.8, 4) is 11.3 Å². The molecule has 35 heavy (non-hydrogen) atoms. The quantitative estimate of drug-likeness (QED) is 0.398. The second kappa shape index (κ2) is 9.87. The highest BCUT2D eigenvalue weighted by atomic mass is 32.2. The van der Waals surface area contributed by atoms with Gasteiger partial charge in [-0.15, -0.1) is 0 Å². The molecule has 188 valence electrons. The fraction of sp³-hybridized carbons (Fsp3) is 0.538. The van der Waals surface area contributed by atoms with Crippen LogP contribution in [0.25, 0.3) is 11.3 Å². The third-order valence-corrected chi connectivity index (χ3v) is 9.06. The molecule has 8 nitrogen and oxygen atoms in total. The minimum Gasteiger partial charge on any atom is -0.445 e. The average Bonchev–Trinajstić information content (AvgIpc) is 3.39. The van der Waals surface area contributed by atoms with Crippen molar-refractivity contribution in [1.82, 2.24) is 15.2 Å². The average molecular weight is 498 g/mol. The van der Waals surface area contributed by atoms with Gasteiger partial charge in [-0.2, -0.15) is 0 Å². The second-order valence-corrected chi connectivity index (χ2v) is 11.5. The number of allylic oxidation sites excluding steroid dienone is 1. The van der Waals surface area contributed by atoms with Crippen molar-refractivity contribution in [2.75, 3.05) is 25.4 Å². The van der Waals surface area contributed by atoms with Crippen molar-refractivity contribution < 1.29 is 13.7 Å². The van der Waals surface area contributed by atoms with Crippen LogP contribution >= 0.6 is 0 Å². The zero-order valence-corrected chi connectivity index (χ0v) is 21.3. The van der Waals surface area contributed by atoms with Crippen LogP contribution in [0.15, 0.2) is 50.3 Å². The Bertz CT molecular complexity index is 1150. The van der Waals surface area contributed by atoms with Crippen LogP contribution in [0, 0.1) is 6.92 Å². The van der Waals surface area contributed by atoms with Crippen molar-refractivity contribution in [1.29, 1.82) is 0 Å². The van der Waals surface area contributed by atoms with Crippen LogP contribution in [0.2, 0.25) is 0 Å². The van der Waals surface area contributed by atoms with Gasteiger partial charge in [0, 0.05) is 48.3 Å². The molecule has 5 rings (SSSR count). The Morgan fingerprint density at radius 2 is 2.06 bits per heavy atom. The molecule has 9 heteroatoms. The molecule has 4 N–H and O–H groups in total. The number of aromatic nitrogens is 1. The lowest BCUT2D eigenvalue weighted by Crippen LogP contribution is -2.43. The van der Waals surface area contributed by atoms with E-state index in [-0.39, 0.29) is 24.1 Å². The highest BCUT2D eigenvalue weighted by molar-refractivity contribution is 7.89. The Kier molecular flexibility index (Phi) is 6.83. The molecular weight excluding hydrogens is 462 g/mol. The summed E-state index contributed by atoms with van der Waals surface area (Å²) in [6.07, 6.45) is 4.33. The number of likely N-dealkylation sites (tertiary alicyclic amines) is 1. The summed E-state index contributed by atoms with van der Waals surface area (Å²) >= 11 is 0. The van der Waals surface area contributed by atoms with Crippen LogP contribution in [0.1, 0.15) is 56.6 Å². The van der Waals surface area contributed by atoms with Gasteiger partial charge in [-0.05, 0) is 39.5 Å². The van der Waals surface area contributed by atoms with Crippen molar-refractivity contribution in [3.05, 3.63) is 52.6 Å². The summed E-state index contributed by atoms with van der Waals surface area (Å²) in [6, 6.07) is 10.0. The number of benzene rings is 1. The molecule has 2 atom stereocenters. The first-order chi connectivity index (χ1) is 16.9. The van der Waals surface area contributed by atoms with E-state index in [0.29, 0.717) is 18.1 Å². The predicted molar refractivity (Wildman–Crippen MR) is 138 cm³/mol. The zero-order chi connectivity index (χ0) is 24.6. The number of hydrogen-bond donors (Lipinski definition) is 3. The lowest BCUT2D eigenvalue weighted by molar-refractivity contribution is 0.225. The van der Waals surface area contributed by atoms with E-state index in [1.807, 2.05) is 32.0 Å². The number of aliphatic hydroxyl groups is 1. The van der Waals surface area contributed by atoms with Crippen LogP contribution in [0.3, 0.4) is 0 Å². The molecule has 1 aromatic carbocycles. The van der Waals surface area contributed by atoms with Gasteiger partial charge in [0.05, 0.1) is 28.0 Å². The van der Waals surface area contributed by atoms with Gasteiger partial charge in [0.2, 0.25) is 0 Å². The highest BCUT2D eigenvalue weighted by Gasteiger charge is 2.44. The smallest absolute Gasteiger partial charge is 0.198 e. The first-order valence-electron chi connectivity index (χ1n) is 12.5. The molecule has 2 unspecified atom stereocenters. The number of aliphatic imine (C=N–C) groups is 1. The van der Waals surface area contributed by atoms with Gasteiger partial charge < -0.3 is 25.5 Å². The number of aliphatic hydroxyl groups excluding tert-OH is 1. The molecule has 0 amide bonds. The first kappa shape index (κ1) is 24.2. The molecule has 1 aromatic heterocycles. The first-order valence-corrected chi connectivity index (χ1v) is 13.8. The van der Waals surface area contributed by atoms with E-state index >= 15 is 0 Å². The summed E-state index contributed by atoms with van der Waals surface area (Å²) in [5.74, 6) is 2.96. The highest BCUT2D eigenvalue weighted by Crippen LogP contribution is 2.37. The number of aryl methyl sites for hydroxylation is 1. The van der Waals surface area contributed by atoms with Gasteiger partial charge in [-0.1, -0.05) is 30.3 Å². The van der Waals surface area contributed by atoms with Crippen molar-refractivity contribution in [3.63, 3.8) is 0 Å². The maximum Gasteiger partial charge on any atom is 0.198 e. The summed E-state index contributed by atoms with van der Waals surface area (Å²) in [5.41, 5.74) is 9.02. The largest absolute Gasteiger partial charge is 0.445 e. The Morgan fingerprint density at radius 3 is 2.71 bits per heavy atom. The number of nitrogens with two attached hydrogens (primary N) is 1. The molecule has 1 saturated heterocycles. The maximum absolute atomic E-state index is 12.7. The second-order valence-electron chi connectivity index (χ2n) is 9.97. The van der Waals surface area contributed by atoms with E-state index in [1.54, 1.807) is 0 Å². The monoisotopic (exact) mass is 497 g/mol. The van der Waals surface area contributed by atoms with E-state index in [2.05, 4.69) is 22.3 Å². The molecule has 0 radical (unpaired) electrons. The predicted octanol–water partition coefficient (Wildman–Crippen LogP) is 3.01. The Labute approximate surface area is 209 Å². The molecular formula is C26H35N5O3S. The topological polar surface area (TPSA) is 117 Å². The fourth-order valence-electron chi connectivity index (χ4n) is 5.16. The summed E-state index contributed by atoms with van der Waals surface area (Å²) in [4.78, 5) is 12.5. The molecule has 0 spiro atoms. The summed E-state index contributed by atoms with van der Waals surface area (Å²) in [5, 5.41) is 13.1. The minimum atomic E-state index is -1.06. The van der Waals surface area contributed by atoms with E-state index in [0.717, 1.165) is 72.3 Å². The van der Waals surface area contributed by atoms with Gasteiger partial charge in [0.25, 0.3) is 0 Å². The van der Waals surface area contributed by atoms with Gasteiger partial charge in [0.1, 0.15) is 11.5 Å². The SMILES string of the molecule is Cc1oc(C2CCN(C(N)=NC3=C(C(C)NC4(CO)CC4)S(=O)CC3)CC2)nc1-c1ccccc1. The van der Waals surface area contributed by atoms with Gasteiger partial charge >= 0.3 is 0 Å². The van der Waals surface area contributed by atoms with E-state index in [1.165, 1.54) is 0 Å². The number of nitrogens with one attached hydrogen (secondary N) is 1. The number of hydrogen-bond acceptors (Lipinski definition) is 6. The van der Waals surface area contributed by atoms with Crippen LogP contribution < -0.4 is 11.1 Å². The third kappa shape index (κ3) is 5.08. The lowest BCUT2D eigenvalue weighted by Gasteiger charge is -2.31. The molecule has 3 heterocycles. The Morgan fingerprint density at radius 1 is 1.34 bits per heavy atom. The van der Waals surface area contributed by atoms with Gasteiger partial charge in [-0.3, -0.25) is 4.21 Å². The maximum atomic E-state index is 12.7. The summed E-state index contributed by atoms with van der Waals surface area (Å²) < 4.78 is 18.8. The fourth-order valence-corrected chi connectivity index (χ4v) is 6.62. The van der Waals surface area contributed by atoms with Crippen LogP contribution in [-0.4, -0.2) is 62.2 Å². The van der Waals surface area contributed by atoms with Crippen molar-refractivity contribution in [2.24, 2.45) is 10.7 Å². The van der Waals surface area contributed by atoms with Gasteiger partial charge in [-0.25, -0.2) is 9.98 Å². The number of piperidine rings is 1. The molecule has 0 bridgehead atoms.